The predicted octanol–water partition coefficient (Wildman–Crippen LogP) is 4.76. The van der Waals surface area contributed by atoms with Crippen LogP contribution in [0.1, 0.15) is 11.1 Å². The Kier molecular flexibility index (Phi) is 4.56. The predicted molar refractivity (Wildman–Crippen MR) is 69.5 cm³/mol. The van der Waals surface area contributed by atoms with Crippen molar-refractivity contribution in [1.29, 1.82) is 0 Å². The molecule has 0 heterocycles. The third-order valence-corrected chi connectivity index (χ3v) is 2.97. The summed E-state index contributed by atoms with van der Waals surface area (Å²) >= 11 is 0. The van der Waals surface area contributed by atoms with Crippen LogP contribution in [-0.4, -0.2) is 11.5 Å². The monoisotopic (exact) mass is 336 g/mol. The molecule has 0 aliphatic carbocycles. The summed E-state index contributed by atoms with van der Waals surface area (Å²) in [6.45, 7) is -0.621. The average Bonchev–Trinajstić information content (AvgIpc) is 2.45. The molecule has 124 valence electrons. The van der Waals surface area contributed by atoms with Crippen molar-refractivity contribution in [3.8, 4) is 16.9 Å². The molecule has 0 saturated heterocycles. The Morgan fingerprint density at radius 1 is 0.870 bits per heavy atom. The lowest BCUT2D eigenvalue weighted by Crippen LogP contribution is -2.18. The highest BCUT2D eigenvalue weighted by Crippen LogP contribution is 2.41. The highest BCUT2D eigenvalue weighted by Gasteiger charge is 2.36. The largest absolute Gasteiger partial charge is 0.573 e. The van der Waals surface area contributed by atoms with E-state index < -0.39 is 36.0 Å². The summed E-state index contributed by atoms with van der Waals surface area (Å²) in [6.07, 6.45) is -9.83. The zero-order valence-electron chi connectivity index (χ0n) is 11.4. The Morgan fingerprint density at radius 3 is 2.09 bits per heavy atom. The molecule has 0 radical (unpaired) electrons. The molecule has 0 aliphatic rings. The Bertz CT molecular complexity index is 691. The fraction of sp³-hybridized carbons (Fsp3) is 0.200. The fourth-order valence-corrected chi connectivity index (χ4v) is 2.06. The van der Waals surface area contributed by atoms with Crippen molar-refractivity contribution in [3.05, 3.63) is 53.6 Å². The van der Waals surface area contributed by atoms with Gasteiger partial charge in [0.1, 0.15) is 5.75 Å². The molecule has 0 fully saturated rings. The van der Waals surface area contributed by atoms with Gasteiger partial charge < -0.3 is 9.84 Å². The maximum atomic E-state index is 13.2. The van der Waals surface area contributed by atoms with Crippen LogP contribution in [0.15, 0.2) is 42.5 Å². The van der Waals surface area contributed by atoms with Crippen molar-refractivity contribution >= 4 is 0 Å². The van der Waals surface area contributed by atoms with Crippen molar-refractivity contribution in [3.63, 3.8) is 0 Å². The van der Waals surface area contributed by atoms with Crippen molar-refractivity contribution in [2.45, 2.75) is 19.1 Å². The van der Waals surface area contributed by atoms with Crippen molar-refractivity contribution in [2.75, 3.05) is 0 Å². The molecule has 23 heavy (non-hydrogen) atoms. The molecule has 0 aliphatic heterocycles. The van der Waals surface area contributed by atoms with Gasteiger partial charge in [-0.25, -0.2) is 0 Å². The van der Waals surface area contributed by atoms with Crippen LogP contribution in [0.25, 0.3) is 11.1 Å². The molecule has 0 bridgehead atoms. The highest BCUT2D eigenvalue weighted by molar-refractivity contribution is 5.74. The summed E-state index contributed by atoms with van der Waals surface area (Å²) < 4.78 is 80.6. The van der Waals surface area contributed by atoms with Crippen molar-refractivity contribution in [1.82, 2.24) is 0 Å². The topological polar surface area (TPSA) is 29.5 Å². The molecular formula is C15H10F6O2. The molecule has 2 nitrogen and oxygen atoms in total. The summed E-state index contributed by atoms with van der Waals surface area (Å²) in [5.74, 6) is -0.734. The molecule has 0 unspecified atom stereocenters. The summed E-state index contributed by atoms with van der Waals surface area (Å²) in [6, 6.07) is 7.47. The van der Waals surface area contributed by atoms with Gasteiger partial charge in [-0.05, 0) is 23.3 Å². The number of ether oxygens (including phenoxy) is 1. The maximum Gasteiger partial charge on any atom is 0.573 e. The molecule has 1 N–H and O–H groups in total. The zero-order valence-corrected chi connectivity index (χ0v) is 11.4. The number of alkyl halides is 6. The van der Waals surface area contributed by atoms with E-state index in [-0.39, 0.29) is 11.1 Å². The van der Waals surface area contributed by atoms with Gasteiger partial charge in [-0.3, -0.25) is 0 Å². The molecule has 0 amide bonds. The quantitative estimate of drug-likeness (QED) is 0.819. The van der Waals surface area contributed by atoms with E-state index in [1.165, 1.54) is 18.2 Å². The molecule has 2 aromatic rings. The molecule has 2 rings (SSSR count). The zero-order chi connectivity index (χ0) is 17.3. The van der Waals surface area contributed by atoms with Gasteiger partial charge in [-0.1, -0.05) is 30.3 Å². The van der Waals surface area contributed by atoms with Gasteiger partial charge in [-0.2, -0.15) is 13.2 Å². The Labute approximate surface area is 126 Å². The van der Waals surface area contributed by atoms with E-state index in [9.17, 15) is 26.3 Å². The van der Waals surface area contributed by atoms with Crippen molar-refractivity contribution in [2.24, 2.45) is 0 Å². The lowest BCUT2D eigenvalue weighted by Gasteiger charge is -2.17. The van der Waals surface area contributed by atoms with Gasteiger partial charge in [-0.15, -0.1) is 13.2 Å². The Balaban J connectivity index is 2.63. The SMILES string of the molecule is OCc1ccc(-c2ccccc2OC(F)(F)F)c(C(F)(F)F)c1. The van der Waals surface area contributed by atoms with Crippen LogP contribution in [0.5, 0.6) is 5.75 Å². The smallest absolute Gasteiger partial charge is 0.405 e. The first-order chi connectivity index (χ1) is 10.6. The summed E-state index contributed by atoms with van der Waals surface area (Å²) in [5.41, 5.74) is -1.96. The third-order valence-electron chi connectivity index (χ3n) is 2.97. The van der Waals surface area contributed by atoms with Crippen LogP contribution >= 0.6 is 0 Å². The second-order valence-corrected chi connectivity index (χ2v) is 4.58. The molecule has 2 aromatic carbocycles. The number of halogens is 6. The van der Waals surface area contributed by atoms with E-state index >= 15 is 0 Å². The molecule has 8 heteroatoms. The van der Waals surface area contributed by atoms with Crippen LogP contribution in [0.4, 0.5) is 26.3 Å². The molecule has 0 saturated carbocycles. The first-order valence-corrected chi connectivity index (χ1v) is 6.28. The van der Waals surface area contributed by atoms with Crippen molar-refractivity contribution < 1.29 is 36.2 Å². The number of hydrogen-bond donors (Lipinski definition) is 1. The minimum Gasteiger partial charge on any atom is -0.405 e. The van der Waals surface area contributed by atoms with Gasteiger partial charge in [0.05, 0.1) is 12.2 Å². The van der Waals surface area contributed by atoms with Crippen LogP contribution in [0.2, 0.25) is 0 Å². The standard InChI is InChI=1S/C15H10F6O2/c16-14(17,18)12-7-9(8-22)5-6-10(12)11-3-1-2-4-13(11)23-15(19,20)21/h1-7,22H,8H2. The first-order valence-electron chi connectivity index (χ1n) is 6.28. The lowest BCUT2D eigenvalue weighted by atomic mass is 9.96. The van der Waals surface area contributed by atoms with Gasteiger partial charge in [0, 0.05) is 5.56 Å². The lowest BCUT2D eigenvalue weighted by molar-refractivity contribution is -0.274. The summed E-state index contributed by atoms with van der Waals surface area (Å²) in [4.78, 5) is 0. The van der Waals surface area contributed by atoms with E-state index in [1.54, 1.807) is 0 Å². The van der Waals surface area contributed by atoms with Crippen LogP contribution in [-0.2, 0) is 12.8 Å². The number of para-hydroxylation sites is 1. The second kappa shape index (κ2) is 6.11. The summed E-state index contributed by atoms with van der Waals surface area (Å²) in [5, 5.41) is 8.96. The van der Waals surface area contributed by atoms with E-state index in [4.69, 9.17) is 5.11 Å². The van der Waals surface area contributed by atoms with E-state index in [0.29, 0.717) is 6.07 Å². The fourth-order valence-electron chi connectivity index (χ4n) is 2.06. The number of hydrogen-bond acceptors (Lipinski definition) is 2. The maximum absolute atomic E-state index is 13.2. The average molecular weight is 336 g/mol. The van der Waals surface area contributed by atoms with Crippen LogP contribution in [0.3, 0.4) is 0 Å². The minimum absolute atomic E-state index is 0.00436. The molecule has 0 spiro atoms. The second-order valence-electron chi connectivity index (χ2n) is 4.58. The normalized spacial score (nSPS) is 12.3. The van der Waals surface area contributed by atoms with Gasteiger partial charge in [0.25, 0.3) is 0 Å². The van der Waals surface area contributed by atoms with E-state index in [1.807, 2.05) is 0 Å². The number of aliphatic hydroxyl groups excluding tert-OH is 1. The summed E-state index contributed by atoms with van der Waals surface area (Å²) in [7, 11) is 0. The number of benzene rings is 2. The third kappa shape index (κ3) is 4.16. The first kappa shape index (κ1) is 17.1. The minimum atomic E-state index is -5.03. The van der Waals surface area contributed by atoms with Crippen LogP contribution in [0, 0.1) is 0 Å². The van der Waals surface area contributed by atoms with Gasteiger partial charge in [0.15, 0.2) is 0 Å². The van der Waals surface area contributed by atoms with E-state index in [0.717, 1.165) is 18.2 Å². The number of rotatable bonds is 3. The molecule has 0 atom stereocenters. The Morgan fingerprint density at radius 2 is 1.52 bits per heavy atom. The van der Waals surface area contributed by atoms with Gasteiger partial charge >= 0.3 is 12.5 Å². The Hall–Kier alpha value is -2.22. The van der Waals surface area contributed by atoms with Crippen LogP contribution < -0.4 is 4.74 Å². The molecular weight excluding hydrogens is 326 g/mol. The van der Waals surface area contributed by atoms with Gasteiger partial charge in [0.2, 0.25) is 0 Å². The molecule has 0 aromatic heterocycles. The van der Waals surface area contributed by atoms with E-state index in [2.05, 4.69) is 4.74 Å². The number of aliphatic hydroxyl groups is 1. The highest BCUT2D eigenvalue weighted by atomic mass is 19.4.